The summed E-state index contributed by atoms with van der Waals surface area (Å²) in [5.74, 6) is 0.347. The molecule has 0 radical (unpaired) electrons. The number of rotatable bonds is 3. The maximum atomic E-state index is 13.6. The van der Waals surface area contributed by atoms with E-state index in [1.807, 2.05) is 39.0 Å². The van der Waals surface area contributed by atoms with Crippen LogP contribution in [0.25, 0.3) is 0 Å². The van der Waals surface area contributed by atoms with Crippen LogP contribution in [0.1, 0.15) is 43.7 Å². The van der Waals surface area contributed by atoms with Crippen LogP contribution in [0, 0.1) is 5.82 Å². The van der Waals surface area contributed by atoms with Gasteiger partial charge in [0.15, 0.2) is 0 Å². The molecule has 0 saturated heterocycles. The summed E-state index contributed by atoms with van der Waals surface area (Å²) in [6, 6.07) is 5.46. The molecule has 1 atom stereocenters. The van der Waals surface area contributed by atoms with Crippen LogP contribution in [0.4, 0.5) is 4.39 Å². The van der Waals surface area contributed by atoms with Crippen LogP contribution in [0.2, 0.25) is 0 Å². The lowest BCUT2D eigenvalue weighted by Crippen LogP contribution is -1.96. The molecule has 0 bridgehead atoms. The van der Waals surface area contributed by atoms with Gasteiger partial charge in [0.1, 0.15) is 5.82 Å². The average Bonchev–Trinajstić information content (AvgIpc) is 2.15. The number of allylic oxidation sites excluding steroid dienone is 1. The third-order valence-corrected chi connectivity index (χ3v) is 2.53. The minimum Gasteiger partial charge on any atom is -0.207 e. The van der Waals surface area contributed by atoms with Crippen molar-refractivity contribution in [3.05, 3.63) is 47.8 Å². The minimum absolute atomic E-state index is 0.105. The van der Waals surface area contributed by atoms with Gasteiger partial charge in [-0.15, -0.1) is 6.58 Å². The van der Waals surface area contributed by atoms with Crippen molar-refractivity contribution in [3.63, 3.8) is 0 Å². The third kappa shape index (κ3) is 2.22. The van der Waals surface area contributed by atoms with Gasteiger partial charge in [-0.2, -0.15) is 0 Å². The highest BCUT2D eigenvalue weighted by Gasteiger charge is 2.08. The molecule has 0 saturated carbocycles. The summed E-state index contributed by atoms with van der Waals surface area (Å²) in [5.41, 5.74) is 1.77. The molecule has 0 nitrogen and oxygen atoms in total. The average molecular weight is 192 g/mol. The Morgan fingerprint density at radius 1 is 1.29 bits per heavy atom. The van der Waals surface area contributed by atoms with Gasteiger partial charge in [0.25, 0.3) is 0 Å². The van der Waals surface area contributed by atoms with Crippen molar-refractivity contribution >= 4 is 0 Å². The highest BCUT2D eigenvalue weighted by atomic mass is 19.1. The van der Waals surface area contributed by atoms with Crippen LogP contribution >= 0.6 is 0 Å². The molecular weight excluding hydrogens is 175 g/mol. The van der Waals surface area contributed by atoms with Gasteiger partial charge in [-0.25, -0.2) is 4.39 Å². The summed E-state index contributed by atoms with van der Waals surface area (Å²) in [6.45, 7) is 9.70. The van der Waals surface area contributed by atoms with E-state index >= 15 is 0 Å². The summed E-state index contributed by atoms with van der Waals surface area (Å²) >= 11 is 0. The molecule has 1 aromatic rings. The van der Waals surface area contributed by atoms with E-state index in [2.05, 4.69) is 6.58 Å². The van der Waals surface area contributed by atoms with Gasteiger partial charge in [0, 0.05) is 0 Å². The van der Waals surface area contributed by atoms with E-state index < -0.39 is 0 Å². The zero-order chi connectivity index (χ0) is 10.7. The lowest BCUT2D eigenvalue weighted by Gasteiger charge is -2.11. The first kappa shape index (κ1) is 11.0. The van der Waals surface area contributed by atoms with Crippen molar-refractivity contribution in [3.8, 4) is 0 Å². The Morgan fingerprint density at radius 3 is 2.36 bits per heavy atom. The fourth-order valence-corrected chi connectivity index (χ4v) is 1.43. The van der Waals surface area contributed by atoms with E-state index in [0.29, 0.717) is 0 Å². The van der Waals surface area contributed by atoms with Crippen LogP contribution in [0.15, 0.2) is 30.9 Å². The van der Waals surface area contributed by atoms with Crippen molar-refractivity contribution in [2.24, 2.45) is 0 Å². The van der Waals surface area contributed by atoms with Gasteiger partial charge in [-0.05, 0) is 29.0 Å². The molecule has 1 aromatic carbocycles. The van der Waals surface area contributed by atoms with E-state index in [0.717, 1.165) is 11.1 Å². The molecule has 1 heteroatoms. The Labute approximate surface area is 85.5 Å². The maximum absolute atomic E-state index is 13.6. The van der Waals surface area contributed by atoms with Crippen LogP contribution in [-0.2, 0) is 0 Å². The van der Waals surface area contributed by atoms with E-state index in [4.69, 9.17) is 0 Å². The summed E-state index contributed by atoms with van der Waals surface area (Å²) in [7, 11) is 0. The van der Waals surface area contributed by atoms with Crippen molar-refractivity contribution in [1.82, 2.24) is 0 Å². The second kappa shape index (κ2) is 4.41. The summed E-state index contributed by atoms with van der Waals surface area (Å²) in [4.78, 5) is 0. The predicted molar refractivity (Wildman–Crippen MR) is 59.1 cm³/mol. The SMILES string of the molecule is C=CC(C)c1ccc(C(C)C)c(F)c1. The summed E-state index contributed by atoms with van der Waals surface area (Å²) < 4.78 is 13.6. The van der Waals surface area contributed by atoms with Gasteiger partial charge in [0.2, 0.25) is 0 Å². The van der Waals surface area contributed by atoms with E-state index in [9.17, 15) is 4.39 Å². The van der Waals surface area contributed by atoms with Crippen molar-refractivity contribution in [1.29, 1.82) is 0 Å². The van der Waals surface area contributed by atoms with Gasteiger partial charge in [-0.1, -0.05) is 39.0 Å². The third-order valence-electron chi connectivity index (χ3n) is 2.53. The Morgan fingerprint density at radius 2 is 1.93 bits per heavy atom. The van der Waals surface area contributed by atoms with Crippen LogP contribution in [0.3, 0.4) is 0 Å². The van der Waals surface area contributed by atoms with Gasteiger partial charge >= 0.3 is 0 Å². The largest absolute Gasteiger partial charge is 0.207 e. The van der Waals surface area contributed by atoms with Crippen LogP contribution in [0.5, 0.6) is 0 Å². The molecule has 0 fully saturated rings. The molecule has 0 aliphatic rings. The van der Waals surface area contributed by atoms with Gasteiger partial charge < -0.3 is 0 Å². The topological polar surface area (TPSA) is 0 Å². The molecule has 0 aliphatic carbocycles. The number of halogens is 1. The first-order chi connectivity index (χ1) is 6.56. The van der Waals surface area contributed by atoms with E-state index in [1.54, 1.807) is 6.07 Å². The smallest absolute Gasteiger partial charge is 0.126 e. The van der Waals surface area contributed by atoms with Gasteiger partial charge in [0.05, 0.1) is 0 Å². The Bertz CT molecular complexity index is 326. The van der Waals surface area contributed by atoms with E-state index in [-0.39, 0.29) is 17.7 Å². The molecule has 1 rings (SSSR count). The number of hydrogen-bond donors (Lipinski definition) is 0. The molecule has 0 amide bonds. The Balaban J connectivity index is 3.06. The summed E-state index contributed by atoms with van der Waals surface area (Å²) in [6.07, 6.45) is 1.82. The van der Waals surface area contributed by atoms with Crippen molar-refractivity contribution < 1.29 is 4.39 Å². The highest BCUT2D eigenvalue weighted by molar-refractivity contribution is 5.30. The monoisotopic (exact) mass is 192 g/mol. The number of benzene rings is 1. The standard InChI is InChI=1S/C13H17F/c1-5-10(4)11-6-7-12(9(2)3)13(14)8-11/h5-10H,1H2,2-4H3. The lowest BCUT2D eigenvalue weighted by atomic mass is 9.96. The highest BCUT2D eigenvalue weighted by Crippen LogP contribution is 2.23. The fourth-order valence-electron chi connectivity index (χ4n) is 1.43. The Hall–Kier alpha value is -1.11. The molecular formula is C13H17F. The summed E-state index contributed by atoms with van der Waals surface area (Å²) in [5, 5.41) is 0. The zero-order valence-corrected chi connectivity index (χ0v) is 9.05. The molecule has 0 aromatic heterocycles. The number of hydrogen-bond acceptors (Lipinski definition) is 0. The minimum atomic E-state index is -0.105. The zero-order valence-electron chi connectivity index (χ0n) is 9.05. The first-order valence-corrected chi connectivity index (χ1v) is 4.98. The first-order valence-electron chi connectivity index (χ1n) is 4.98. The van der Waals surface area contributed by atoms with Crippen molar-refractivity contribution in [2.75, 3.05) is 0 Å². The Kier molecular flexibility index (Phi) is 3.45. The molecule has 0 aliphatic heterocycles. The molecule has 0 spiro atoms. The molecule has 0 N–H and O–H groups in total. The lowest BCUT2D eigenvalue weighted by molar-refractivity contribution is 0.595. The van der Waals surface area contributed by atoms with E-state index in [1.165, 1.54) is 0 Å². The van der Waals surface area contributed by atoms with Crippen LogP contribution in [-0.4, -0.2) is 0 Å². The molecule has 0 heterocycles. The molecule has 76 valence electrons. The van der Waals surface area contributed by atoms with Crippen molar-refractivity contribution in [2.45, 2.75) is 32.6 Å². The van der Waals surface area contributed by atoms with Crippen LogP contribution < -0.4 is 0 Å². The second-order valence-electron chi connectivity index (χ2n) is 3.96. The second-order valence-corrected chi connectivity index (χ2v) is 3.96. The predicted octanol–water partition coefficient (Wildman–Crippen LogP) is 4.24. The maximum Gasteiger partial charge on any atom is 0.126 e. The molecule has 14 heavy (non-hydrogen) atoms. The molecule has 1 unspecified atom stereocenters. The van der Waals surface area contributed by atoms with Gasteiger partial charge in [-0.3, -0.25) is 0 Å². The quantitative estimate of drug-likeness (QED) is 0.628. The fraction of sp³-hybridized carbons (Fsp3) is 0.385. The normalized spacial score (nSPS) is 12.9.